The molecule has 0 fully saturated rings. The molecule has 2 aromatic rings. The summed E-state index contributed by atoms with van der Waals surface area (Å²) in [6.45, 7) is 3.69. The van der Waals surface area contributed by atoms with Crippen LogP contribution in [0.3, 0.4) is 0 Å². The Morgan fingerprint density at radius 3 is 2.17 bits per heavy atom. The topological polar surface area (TPSA) is 81.0 Å². The zero-order valence-corrected chi connectivity index (χ0v) is 13.4. The van der Waals surface area contributed by atoms with Gasteiger partial charge in [0.1, 0.15) is 17.3 Å². The van der Waals surface area contributed by atoms with Gasteiger partial charge in [-0.1, -0.05) is 12.6 Å². The van der Waals surface area contributed by atoms with Crippen molar-refractivity contribution in [2.24, 2.45) is 0 Å². The van der Waals surface area contributed by atoms with Gasteiger partial charge in [0.15, 0.2) is 0 Å². The predicted octanol–water partition coefficient (Wildman–Crippen LogP) is 1.28. The van der Waals surface area contributed by atoms with Gasteiger partial charge < -0.3 is 20.2 Å². The van der Waals surface area contributed by atoms with Gasteiger partial charge in [-0.25, -0.2) is 0 Å². The molecule has 0 bridgehead atoms. The fourth-order valence-electron chi connectivity index (χ4n) is 2.70. The van der Waals surface area contributed by atoms with Crippen molar-refractivity contribution in [1.29, 1.82) is 0 Å². The highest BCUT2D eigenvalue weighted by atomic mass is 16.3. The molecule has 3 N–H and O–H groups in total. The first-order valence-electron chi connectivity index (χ1n) is 7.32. The van der Waals surface area contributed by atoms with E-state index in [0.29, 0.717) is 5.22 Å². The van der Waals surface area contributed by atoms with Gasteiger partial charge in [-0.2, -0.15) is 0 Å². The molecule has 0 saturated heterocycles. The molecular weight excluding hydrogens is 306 g/mol. The largest absolute Gasteiger partial charge is 0.507 e. The molecule has 0 heterocycles. The van der Waals surface area contributed by atoms with Gasteiger partial charge in [0.05, 0.1) is 11.1 Å². The molecule has 0 aromatic heterocycles. The number of carbonyl (C=O) groups is 1. The first-order chi connectivity index (χ1) is 11.3. The summed E-state index contributed by atoms with van der Waals surface area (Å²) in [4.78, 5) is 14.3. The lowest BCUT2D eigenvalue weighted by molar-refractivity contribution is -0.110. The summed E-state index contributed by atoms with van der Waals surface area (Å²) >= 11 is 0. The predicted molar refractivity (Wildman–Crippen MR) is 93.3 cm³/mol. The number of phenolic OH excluding ortho intramolecular Hbond substituents is 2. The summed E-state index contributed by atoms with van der Waals surface area (Å²) in [6.07, 6.45) is 0. The van der Waals surface area contributed by atoms with Crippen LogP contribution < -0.4 is 15.3 Å². The van der Waals surface area contributed by atoms with Crippen molar-refractivity contribution in [2.75, 3.05) is 19.0 Å². The Bertz CT molecular complexity index is 1000. The summed E-state index contributed by atoms with van der Waals surface area (Å²) in [6, 6.07) is 9.45. The minimum absolute atomic E-state index is 0.0404. The van der Waals surface area contributed by atoms with Gasteiger partial charge in [-0.05, 0) is 29.5 Å². The number of rotatable bonds is 2. The second-order valence-corrected chi connectivity index (χ2v) is 5.88. The third-order valence-corrected chi connectivity index (χ3v) is 4.03. The number of Topliss-reactive ketones (excluding diaryl/α,β-unsaturated/α-hetero) is 1. The minimum Gasteiger partial charge on any atom is -0.507 e. The summed E-state index contributed by atoms with van der Waals surface area (Å²) in [5, 5.41) is 31.3. The molecular formula is C19H17NO4. The number of ketones is 1. The van der Waals surface area contributed by atoms with Crippen LogP contribution in [0.1, 0.15) is 5.56 Å². The normalized spacial score (nSPS) is 16.2. The molecule has 3 rings (SSSR count). The zero-order valence-electron chi connectivity index (χ0n) is 13.4. The number of nitrogens with zero attached hydrogens (tertiary/aromatic N) is 1. The highest BCUT2D eigenvalue weighted by Crippen LogP contribution is 2.41. The fourth-order valence-corrected chi connectivity index (χ4v) is 2.70. The monoisotopic (exact) mass is 323 g/mol. The van der Waals surface area contributed by atoms with E-state index < -0.39 is 5.78 Å². The van der Waals surface area contributed by atoms with Gasteiger partial charge in [0, 0.05) is 36.6 Å². The van der Waals surface area contributed by atoms with Gasteiger partial charge in [-0.3, -0.25) is 4.79 Å². The summed E-state index contributed by atoms with van der Waals surface area (Å²) in [5.41, 5.74) is 1.13. The highest BCUT2D eigenvalue weighted by Gasteiger charge is 2.37. The second kappa shape index (κ2) is 5.45. The molecule has 0 spiro atoms. The van der Waals surface area contributed by atoms with Crippen molar-refractivity contribution >= 4 is 29.2 Å². The van der Waals surface area contributed by atoms with E-state index in [4.69, 9.17) is 0 Å². The number of hydrogen-bond acceptors (Lipinski definition) is 5. The maximum absolute atomic E-state index is 12.5. The van der Waals surface area contributed by atoms with Crippen LogP contribution in [-0.4, -0.2) is 35.2 Å². The van der Waals surface area contributed by atoms with Crippen molar-refractivity contribution in [1.82, 2.24) is 0 Å². The lowest BCUT2D eigenvalue weighted by Gasteiger charge is -2.23. The summed E-state index contributed by atoms with van der Waals surface area (Å²) in [7, 11) is 3.67. The average Bonchev–Trinajstić information content (AvgIpc) is 2.51. The van der Waals surface area contributed by atoms with E-state index in [1.807, 2.05) is 19.0 Å². The number of aliphatic hydroxyl groups is 1. The number of allylic oxidation sites excluding steroid dienone is 2. The van der Waals surface area contributed by atoms with E-state index in [1.54, 1.807) is 18.2 Å². The van der Waals surface area contributed by atoms with Crippen LogP contribution in [0.5, 0.6) is 11.5 Å². The minimum atomic E-state index is -0.424. The number of anilines is 1. The number of benzene rings is 2. The van der Waals surface area contributed by atoms with Crippen LogP contribution >= 0.6 is 0 Å². The standard InChI is InChI=1S/C19H17NO4/c1-10-4-6-12(14(21)8-10)16-18(23)17(19(16)24)13-7-5-11(20(2)3)9-15(13)22/h4-9,21-23H,1H2,2-3H3. The molecule has 5 nitrogen and oxygen atoms in total. The third-order valence-electron chi connectivity index (χ3n) is 4.03. The van der Waals surface area contributed by atoms with E-state index in [2.05, 4.69) is 6.58 Å². The van der Waals surface area contributed by atoms with Crippen LogP contribution in [0.25, 0.3) is 17.7 Å². The molecule has 0 saturated carbocycles. The van der Waals surface area contributed by atoms with E-state index in [0.717, 1.165) is 5.69 Å². The Hall–Kier alpha value is -3.21. The number of aliphatic hydroxyl groups excluding tert-OH is 1. The van der Waals surface area contributed by atoms with Crippen LogP contribution in [0, 0.1) is 0 Å². The van der Waals surface area contributed by atoms with Crippen molar-refractivity contribution in [3.05, 3.63) is 58.2 Å². The molecule has 2 aromatic carbocycles. The van der Waals surface area contributed by atoms with Crippen molar-refractivity contribution < 1.29 is 20.1 Å². The van der Waals surface area contributed by atoms with Gasteiger partial charge >= 0.3 is 0 Å². The van der Waals surface area contributed by atoms with E-state index in [-0.39, 0.29) is 39.2 Å². The lowest BCUT2D eigenvalue weighted by atomic mass is 9.81. The lowest BCUT2D eigenvalue weighted by Crippen LogP contribution is -2.27. The number of aromatic hydroxyl groups is 2. The van der Waals surface area contributed by atoms with Crippen LogP contribution in [0.2, 0.25) is 0 Å². The molecule has 122 valence electrons. The molecule has 0 aliphatic heterocycles. The maximum atomic E-state index is 12.5. The SMILES string of the molecule is C=c1ccc(=C2C(=O)C(c3ccc(N(C)C)cc3O)=C2O)c(O)c1. The van der Waals surface area contributed by atoms with E-state index >= 15 is 0 Å². The Morgan fingerprint density at radius 1 is 0.917 bits per heavy atom. The summed E-state index contributed by atoms with van der Waals surface area (Å²) in [5.74, 6) is -0.872. The Kier molecular flexibility index (Phi) is 3.56. The highest BCUT2D eigenvalue weighted by molar-refractivity contribution is 6.52. The number of carbonyl (C=O) groups excluding carboxylic acids is 1. The Morgan fingerprint density at radius 2 is 1.62 bits per heavy atom. The molecule has 0 amide bonds. The summed E-state index contributed by atoms with van der Waals surface area (Å²) < 4.78 is 0. The first-order valence-corrected chi connectivity index (χ1v) is 7.32. The van der Waals surface area contributed by atoms with E-state index in [9.17, 15) is 20.1 Å². The van der Waals surface area contributed by atoms with Crippen LogP contribution in [0.4, 0.5) is 5.69 Å². The van der Waals surface area contributed by atoms with Crippen molar-refractivity contribution in [3.63, 3.8) is 0 Å². The first kappa shape index (κ1) is 15.7. The zero-order chi connectivity index (χ0) is 17.6. The molecule has 0 atom stereocenters. The van der Waals surface area contributed by atoms with Crippen molar-refractivity contribution in [3.8, 4) is 11.5 Å². The van der Waals surface area contributed by atoms with Crippen molar-refractivity contribution in [2.45, 2.75) is 0 Å². The number of phenols is 2. The van der Waals surface area contributed by atoms with Gasteiger partial charge in [0.2, 0.25) is 5.78 Å². The third kappa shape index (κ3) is 2.31. The maximum Gasteiger partial charge on any atom is 0.202 e. The van der Waals surface area contributed by atoms with Crippen LogP contribution in [-0.2, 0) is 4.79 Å². The Labute approximate surface area is 138 Å². The smallest absolute Gasteiger partial charge is 0.202 e. The Balaban J connectivity index is 2.17. The second-order valence-electron chi connectivity index (χ2n) is 5.88. The van der Waals surface area contributed by atoms with Gasteiger partial charge in [-0.15, -0.1) is 0 Å². The molecule has 1 aliphatic carbocycles. The quantitative estimate of drug-likeness (QED) is 0.776. The fraction of sp³-hybridized carbons (Fsp3) is 0.105. The molecule has 24 heavy (non-hydrogen) atoms. The average molecular weight is 323 g/mol. The molecule has 1 aliphatic rings. The molecule has 5 heteroatoms. The van der Waals surface area contributed by atoms with Gasteiger partial charge in [0.25, 0.3) is 0 Å². The molecule has 0 unspecified atom stereocenters. The number of hydrogen-bond donors (Lipinski definition) is 3. The molecule has 0 radical (unpaired) electrons. The van der Waals surface area contributed by atoms with E-state index in [1.165, 1.54) is 18.2 Å². The van der Waals surface area contributed by atoms with Crippen LogP contribution in [0.15, 0.2) is 42.2 Å².